The summed E-state index contributed by atoms with van der Waals surface area (Å²) >= 11 is 2.19. The normalized spacial score (nSPS) is 20.1. The third-order valence-electron chi connectivity index (χ3n) is 5.42. The molecule has 0 aromatic carbocycles. The van der Waals surface area contributed by atoms with Crippen molar-refractivity contribution in [1.82, 2.24) is 29.7 Å². The highest BCUT2D eigenvalue weighted by molar-refractivity contribution is 8.00. The molecule has 4 heterocycles. The average Bonchev–Trinajstić information content (AvgIpc) is 3.51. The third-order valence-corrected chi connectivity index (χ3v) is 7.27. The Hall–Kier alpha value is -3.83. The standard InChI is InChI=1S/C20H23N9O6S2/c1-29(2,7-11-22-9-35-25-11)6-4-5-10-8-36-18-13(17(31)28(18)14(10)19(32)33)23-16(30)12(26-34-3)15-24-20(21)37-27-15/h4-5,9,13,18H,6-8H2,1-3H3,(H3-,21,23,24,27,30,32,33)/b5-4+,26-12-/t13-,18+/m1/s1. The van der Waals surface area contributed by atoms with Gasteiger partial charge in [0.1, 0.15) is 25.1 Å². The van der Waals surface area contributed by atoms with Crippen molar-refractivity contribution in [2.75, 3.05) is 39.2 Å². The number of quaternary nitrogens is 1. The highest BCUT2D eigenvalue weighted by Crippen LogP contribution is 2.40. The molecular weight excluding hydrogens is 526 g/mol. The van der Waals surface area contributed by atoms with Crippen molar-refractivity contribution in [3.8, 4) is 0 Å². The molecule has 0 spiro atoms. The van der Waals surface area contributed by atoms with Gasteiger partial charge >= 0.3 is 0 Å². The minimum Gasteiger partial charge on any atom is -0.543 e. The summed E-state index contributed by atoms with van der Waals surface area (Å²) in [6.45, 7) is 1.04. The Morgan fingerprint density at radius 3 is 2.86 bits per heavy atom. The maximum Gasteiger partial charge on any atom is 0.278 e. The Balaban J connectivity index is 1.46. The van der Waals surface area contributed by atoms with Crippen LogP contribution in [0.25, 0.3) is 0 Å². The van der Waals surface area contributed by atoms with E-state index in [0.29, 0.717) is 34.7 Å². The van der Waals surface area contributed by atoms with Gasteiger partial charge in [0.2, 0.25) is 23.8 Å². The molecule has 2 aromatic rings. The first kappa shape index (κ1) is 26.2. The first-order valence-electron chi connectivity index (χ1n) is 10.8. The number of nitrogen functional groups attached to an aromatic ring is 1. The number of nitrogens with two attached hydrogens (primary N) is 1. The van der Waals surface area contributed by atoms with Gasteiger partial charge in [0.15, 0.2) is 5.13 Å². The number of anilines is 1. The van der Waals surface area contributed by atoms with Crippen molar-refractivity contribution >= 4 is 51.9 Å². The van der Waals surface area contributed by atoms with Gasteiger partial charge in [-0.05, 0) is 11.6 Å². The Labute approximate surface area is 218 Å². The van der Waals surface area contributed by atoms with Crippen LogP contribution in [0.1, 0.15) is 11.6 Å². The second kappa shape index (κ2) is 10.7. The number of carboxylic acid groups (broad SMARTS) is 1. The highest BCUT2D eigenvalue weighted by atomic mass is 32.2. The molecule has 2 atom stereocenters. The van der Waals surface area contributed by atoms with Gasteiger partial charge in [0.05, 0.1) is 32.3 Å². The van der Waals surface area contributed by atoms with E-state index in [9.17, 15) is 19.5 Å². The van der Waals surface area contributed by atoms with E-state index in [2.05, 4.69) is 30.0 Å². The molecule has 0 unspecified atom stereocenters. The fourth-order valence-electron chi connectivity index (χ4n) is 3.77. The molecule has 2 aliphatic rings. The van der Waals surface area contributed by atoms with Crippen LogP contribution in [0.3, 0.4) is 0 Å². The molecule has 1 fully saturated rings. The highest BCUT2D eigenvalue weighted by Gasteiger charge is 2.53. The number of fused-ring (bicyclic) bond motifs is 1. The summed E-state index contributed by atoms with van der Waals surface area (Å²) in [5, 5.41) is 21.5. The molecule has 17 heteroatoms. The molecular formula is C20H23N9O6S2. The molecule has 0 saturated carbocycles. The topological polar surface area (TPSA) is 202 Å². The van der Waals surface area contributed by atoms with Gasteiger partial charge in [-0.3, -0.25) is 14.5 Å². The first-order chi connectivity index (χ1) is 17.6. The van der Waals surface area contributed by atoms with E-state index in [0.717, 1.165) is 16.4 Å². The van der Waals surface area contributed by atoms with E-state index in [4.69, 9.17) is 15.1 Å². The van der Waals surface area contributed by atoms with Crippen LogP contribution in [0, 0.1) is 0 Å². The second-order valence-corrected chi connectivity index (χ2v) is 10.5. The zero-order chi connectivity index (χ0) is 26.7. The molecule has 3 N–H and O–H groups in total. The maximum atomic E-state index is 12.9. The molecule has 0 aliphatic carbocycles. The Bertz CT molecular complexity index is 1290. The van der Waals surface area contributed by atoms with Crippen LogP contribution in [0.4, 0.5) is 5.13 Å². The number of hydrogen-bond donors (Lipinski definition) is 2. The molecule has 196 valence electrons. The van der Waals surface area contributed by atoms with Crippen LogP contribution in [0.5, 0.6) is 0 Å². The number of carboxylic acids is 1. The van der Waals surface area contributed by atoms with Crippen molar-refractivity contribution < 1.29 is 33.3 Å². The number of thioether (sulfide) groups is 1. The van der Waals surface area contributed by atoms with Gasteiger partial charge in [0.25, 0.3) is 11.8 Å². The molecule has 0 bridgehead atoms. The predicted octanol–water partition coefficient (Wildman–Crippen LogP) is -1.91. The number of likely N-dealkylation sites (N-methyl/N-ethyl adjacent to an activating group) is 1. The lowest BCUT2D eigenvalue weighted by molar-refractivity contribution is -0.898. The number of oxime groups is 1. The van der Waals surface area contributed by atoms with Crippen molar-refractivity contribution in [1.29, 1.82) is 0 Å². The number of β-lactam (4-membered cyclic amide) rings is 1. The lowest BCUT2D eigenvalue weighted by Gasteiger charge is -2.50. The molecule has 2 aliphatic heterocycles. The zero-order valence-corrected chi connectivity index (χ0v) is 21.6. The van der Waals surface area contributed by atoms with Crippen LogP contribution >= 0.6 is 23.3 Å². The summed E-state index contributed by atoms with van der Waals surface area (Å²) in [6, 6.07) is -0.985. The summed E-state index contributed by atoms with van der Waals surface area (Å²) < 4.78 is 9.19. The minimum atomic E-state index is -1.48. The number of amides is 2. The first-order valence-corrected chi connectivity index (χ1v) is 12.6. The van der Waals surface area contributed by atoms with Gasteiger partial charge < -0.3 is 34.8 Å². The Kier molecular flexibility index (Phi) is 7.55. The van der Waals surface area contributed by atoms with E-state index in [1.54, 1.807) is 6.08 Å². The average molecular weight is 550 g/mol. The fraction of sp³-hybridized carbons (Fsp3) is 0.400. The number of allylic oxidation sites excluding steroid dienone is 1. The van der Waals surface area contributed by atoms with Crippen LogP contribution in [0.2, 0.25) is 0 Å². The number of hydrogen-bond acceptors (Lipinski definition) is 14. The van der Waals surface area contributed by atoms with Crippen molar-refractivity contribution in [2.45, 2.75) is 18.0 Å². The van der Waals surface area contributed by atoms with Crippen LogP contribution < -0.4 is 16.2 Å². The molecule has 1 saturated heterocycles. The lowest BCUT2D eigenvalue weighted by atomic mass is 10.0. The SMILES string of the molecule is CO/N=C(\C(=O)N[C@@H]1C(=O)N2C(C(=O)[O-])=C(/C=C/C[N+](C)(C)Cc3ncon3)CS[C@@H]12)c1nsc(N)n1. The fourth-order valence-corrected chi connectivity index (χ4v) is 5.52. The third kappa shape index (κ3) is 5.62. The quantitative estimate of drug-likeness (QED) is 0.144. The summed E-state index contributed by atoms with van der Waals surface area (Å²) in [5.74, 6) is -2.04. The molecule has 2 aromatic heterocycles. The van der Waals surface area contributed by atoms with E-state index < -0.39 is 29.2 Å². The minimum absolute atomic E-state index is 0.0508. The van der Waals surface area contributed by atoms with Crippen LogP contribution in [-0.4, -0.2) is 97.3 Å². The van der Waals surface area contributed by atoms with Gasteiger partial charge in [-0.2, -0.15) is 14.3 Å². The van der Waals surface area contributed by atoms with E-state index in [1.165, 1.54) is 25.3 Å². The smallest absolute Gasteiger partial charge is 0.278 e. The number of rotatable bonds is 10. The van der Waals surface area contributed by atoms with Crippen molar-refractivity contribution in [2.24, 2.45) is 5.16 Å². The molecule has 0 radical (unpaired) electrons. The van der Waals surface area contributed by atoms with Crippen LogP contribution in [0.15, 0.2) is 39.5 Å². The molecule has 4 rings (SSSR count). The maximum absolute atomic E-state index is 12.9. The number of nitrogens with zero attached hydrogens (tertiary/aromatic N) is 7. The largest absolute Gasteiger partial charge is 0.543 e. The zero-order valence-electron chi connectivity index (χ0n) is 20.0. The number of nitrogens with one attached hydrogen (secondary N) is 1. The summed E-state index contributed by atoms with van der Waals surface area (Å²) in [6.07, 6.45) is 4.75. The summed E-state index contributed by atoms with van der Waals surface area (Å²) in [5.41, 5.74) is 5.53. The summed E-state index contributed by atoms with van der Waals surface area (Å²) in [7, 11) is 5.17. The Morgan fingerprint density at radius 2 is 2.24 bits per heavy atom. The van der Waals surface area contributed by atoms with Crippen molar-refractivity contribution in [3.05, 3.63) is 41.5 Å². The monoisotopic (exact) mass is 549 g/mol. The molecule has 37 heavy (non-hydrogen) atoms. The summed E-state index contributed by atoms with van der Waals surface area (Å²) in [4.78, 5) is 51.5. The van der Waals surface area contributed by atoms with Gasteiger partial charge in [-0.15, -0.1) is 11.8 Å². The van der Waals surface area contributed by atoms with E-state index >= 15 is 0 Å². The molecule has 15 nitrogen and oxygen atoms in total. The van der Waals surface area contributed by atoms with E-state index in [1.807, 2.05) is 20.2 Å². The number of aromatic nitrogens is 4. The number of carbonyl (C=O) groups excluding carboxylic acids is 3. The lowest BCUT2D eigenvalue weighted by Crippen LogP contribution is -2.71. The van der Waals surface area contributed by atoms with Gasteiger partial charge in [-0.1, -0.05) is 16.4 Å². The van der Waals surface area contributed by atoms with Gasteiger partial charge in [-0.25, -0.2) is 0 Å². The van der Waals surface area contributed by atoms with Gasteiger partial charge in [0, 0.05) is 17.3 Å². The van der Waals surface area contributed by atoms with E-state index in [-0.39, 0.29) is 22.4 Å². The molecule has 2 amide bonds. The van der Waals surface area contributed by atoms with Crippen LogP contribution in [-0.2, 0) is 25.8 Å². The second-order valence-electron chi connectivity index (χ2n) is 8.63. The number of carbonyl (C=O) groups is 3. The predicted molar refractivity (Wildman–Crippen MR) is 129 cm³/mol. The number of aliphatic carboxylic acids is 1. The van der Waals surface area contributed by atoms with Crippen molar-refractivity contribution in [3.63, 3.8) is 0 Å². The Morgan fingerprint density at radius 1 is 1.46 bits per heavy atom.